The van der Waals surface area contributed by atoms with Crippen molar-refractivity contribution in [3.8, 4) is 0 Å². The number of aliphatic imine (C=N–C) groups is 1. The molecule has 5 heteroatoms. The lowest BCUT2D eigenvalue weighted by Crippen LogP contribution is -2.17. The van der Waals surface area contributed by atoms with Gasteiger partial charge < -0.3 is 0 Å². The predicted molar refractivity (Wildman–Crippen MR) is 40.4 cm³/mol. The Morgan fingerprint density at radius 1 is 1.70 bits per heavy atom. The van der Waals surface area contributed by atoms with E-state index in [1.54, 1.807) is 0 Å². The summed E-state index contributed by atoms with van der Waals surface area (Å²) < 4.78 is 6.58. The maximum atomic E-state index is 4.65. The molecule has 0 aromatic rings. The van der Waals surface area contributed by atoms with Gasteiger partial charge in [-0.05, 0) is 6.92 Å². The van der Waals surface area contributed by atoms with Crippen LogP contribution in [-0.4, -0.2) is 30.3 Å². The van der Waals surface area contributed by atoms with E-state index in [-0.39, 0.29) is 0 Å². The molecule has 0 fully saturated rings. The lowest BCUT2D eigenvalue weighted by atomic mass is 10.7. The third kappa shape index (κ3) is 1.86. The molecule has 1 aliphatic rings. The molecule has 0 radical (unpaired) electrons. The summed E-state index contributed by atoms with van der Waals surface area (Å²) in [4.78, 5) is 8.58. The molecule has 1 heterocycles. The fourth-order valence-corrected chi connectivity index (χ4v) is 1.16. The van der Waals surface area contributed by atoms with E-state index in [2.05, 4.69) is 14.2 Å². The first-order valence-corrected chi connectivity index (χ1v) is 3.70. The van der Waals surface area contributed by atoms with E-state index in [1.165, 1.54) is 19.3 Å². The second-order valence-electron chi connectivity index (χ2n) is 1.84. The Kier molecular flexibility index (Phi) is 2.98. The van der Waals surface area contributed by atoms with Gasteiger partial charge in [0.2, 0.25) is 0 Å². The van der Waals surface area contributed by atoms with Crippen molar-refractivity contribution < 1.29 is 9.22 Å². The second-order valence-corrected chi connectivity index (χ2v) is 2.57. The Balaban J connectivity index is 2.22. The highest BCUT2D eigenvalue weighted by atomic mass is 32.2. The quantitative estimate of drug-likeness (QED) is 0.267. The maximum absolute atomic E-state index is 4.65. The van der Waals surface area contributed by atoms with Gasteiger partial charge in [0.1, 0.15) is 5.84 Å². The zero-order valence-corrected chi connectivity index (χ0v) is 6.85. The number of nitrogens with zero attached hydrogens (tertiary/aromatic N) is 2. The van der Waals surface area contributed by atoms with Crippen molar-refractivity contribution in [3.05, 3.63) is 0 Å². The van der Waals surface area contributed by atoms with Crippen molar-refractivity contribution in [2.45, 2.75) is 6.92 Å². The largest absolute Gasteiger partial charge is 0.277 e. The molecule has 0 bridgehead atoms. The Bertz CT molecular complexity index is 140. The van der Waals surface area contributed by atoms with E-state index in [4.69, 9.17) is 0 Å². The molecule has 1 aliphatic heterocycles. The van der Waals surface area contributed by atoms with E-state index in [0.717, 1.165) is 18.9 Å². The standard InChI is InChI=1S/C5H10N2O2S/c1-5-6-3-4-7(5)10-9-8-2/h3-4H2,1-2H3. The van der Waals surface area contributed by atoms with Crippen LogP contribution in [0.1, 0.15) is 6.92 Å². The minimum atomic E-state index is 0.853. The molecule has 0 aliphatic carbocycles. The summed E-state index contributed by atoms with van der Waals surface area (Å²) in [7, 11) is 1.48. The fraction of sp³-hybridized carbons (Fsp3) is 0.800. The molecule has 0 spiro atoms. The SMILES string of the molecule is COOSN1CCN=C1C. The average molecular weight is 162 g/mol. The molecule has 0 saturated carbocycles. The van der Waals surface area contributed by atoms with E-state index < -0.39 is 0 Å². The molecule has 0 atom stereocenters. The van der Waals surface area contributed by atoms with Crippen LogP contribution in [-0.2, 0) is 9.22 Å². The maximum Gasteiger partial charge on any atom is 0.152 e. The lowest BCUT2D eigenvalue weighted by Gasteiger charge is -2.12. The molecule has 1 rings (SSSR count). The van der Waals surface area contributed by atoms with Crippen LogP contribution < -0.4 is 0 Å². The normalized spacial score (nSPS) is 17.8. The summed E-state index contributed by atoms with van der Waals surface area (Å²) in [5.41, 5.74) is 0. The first-order chi connectivity index (χ1) is 4.84. The minimum Gasteiger partial charge on any atom is -0.277 e. The van der Waals surface area contributed by atoms with Gasteiger partial charge in [-0.25, -0.2) is 4.89 Å². The Morgan fingerprint density at radius 3 is 3.00 bits per heavy atom. The van der Waals surface area contributed by atoms with Crippen LogP contribution in [0.3, 0.4) is 0 Å². The zero-order chi connectivity index (χ0) is 7.40. The third-order valence-electron chi connectivity index (χ3n) is 1.19. The van der Waals surface area contributed by atoms with E-state index >= 15 is 0 Å². The molecule has 0 unspecified atom stereocenters. The first kappa shape index (κ1) is 7.84. The molecule has 4 nitrogen and oxygen atoms in total. The molecule has 0 aromatic carbocycles. The number of amidine groups is 1. The number of hydrogen-bond donors (Lipinski definition) is 0. The topological polar surface area (TPSA) is 34.1 Å². The monoisotopic (exact) mass is 162 g/mol. The molecular formula is C5H10N2O2S. The van der Waals surface area contributed by atoms with Gasteiger partial charge in [-0.15, -0.1) is 4.33 Å². The average Bonchev–Trinajstić information content (AvgIpc) is 2.31. The highest BCUT2D eigenvalue weighted by Crippen LogP contribution is 2.15. The van der Waals surface area contributed by atoms with Crippen LogP contribution in [0.5, 0.6) is 0 Å². The van der Waals surface area contributed by atoms with Gasteiger partial charge in [-0.1, -0.05) is 0 Å². The summed E-state index contributed by atoms with van der Waals surface area (Å²) in [5.74, 6) is 0.988. The summed E-state index contributed by atoms with van der Waals surface area (Å²) in [6, 6.07) is 0. The molecule has 10 heavy (non-hydrogen) atoms. The van der Waals surface area contributed by atoms with Gasteiger partial charge in [0.05, 0.1) is 20.2 Å². The van der Waals surface area contributed by atoms with E-state index in [0.29, 0.717) is 0 Å². The Labute approximate surface area is 64.5 Å². The van der Waals surface area contributed by atoms with Gasteiger partial charge in [0.15, 0.2) is 12.2 Å². The molecular weight excluding hydrogens is 152 g/mol. The Morgan fingerprint density at radius 2 is 2.50 bits per heavy atom. The minimum absolute atomic E-state index is 0.853. The number of hydrogen-bond acceptors (Lipinski definition) is 5. The van der Waals surface area contributed by atoms with Crippen molar-refractivity contribution in [1.29, 1.82) is 0 Å². The van der Waals surface area contributed by atoms with Crippen LogP contribution >= 0.6 is 12.2 Å². The molecule has 0 N–H and O–H groups in total. The van der Waals surface area contributed by atoms with Crippen molar-refractivity contribution >= 4 is 18.1 Å². The Hall–Kier alpha value is -0.260. The molecule has 0 aromatic heterocycles. The van der Waals surface area contributed by atoms with Crippen LogP contribution in [0.25, 0.3) is 0 Å². The lowest BCUT2D eigenvalue weighted by molar-refractivity contribution is -0.162. The van der Waals surface area contributed by atoms with Crippen LogP contribution in [0.15, 0.2) is 4.99 Å². The van der Waals surface area contributed by atoms with Crippen molar-refractivity contribution in [3.63, 3.8) is 0 Å². The second kappa shape index (κ2) is 3.80. The van der Waals surface area contributed by atoms with Gasteiger partial charge in [-0.3, -0.25) is 9.30 Å². The smallest absolute Gasteiger partial charge is 0.152 e. The molecule has 58 valence electrons. The summed E-state index contributed by atoms with van der Waals surface area (Å²) in [6.45, 7) is 3.70. The highest BCUT2D eigenvalue weighted by molar-refractivity contribution is 7.92. The third-order valence-corrected chi connectivity index (χ3v) is 2.02. The fourth-order valence-electron chi connectivity index (χ4n) is 0.702. The van der Waals surface area contributed by atoms with E-state index in [1.807, 2.05) is 11.2 Å². The van der Waals surface area contributed by atoms with Gasteiger partial charge >= 0.3 is 0 Å². The van der Waals surface area contributed by atoms with Crippen LogP contribution in [0.2, 0.25) is 0 Å². The van der Waals surface area contributed by atoms with Crippen molar-refractivity contribution in [1.82, 2.24) is 4.31 Å². The number of rotatable bonds is 3. The van der Waals surface area contributed by atoms with Crippen LogP contribution in [0, 0.1) is 0 Å². The zero-order valence-electron chi connectivity index (χ0n) is 6.03. The molecule has 0 saturated heterocycles. The summed E-state index contributed by atoms with van der Waals surface area (Å²) >= 11 is 1.17. The van der Waals surface area contributed by atoms with Crippen molar-refractivity contribution in [2.75, 3.05) is 20.2 Å². The van der Waals surface area contributed by atoms with E-state index in [9.17, 15) is 0 Å². The molecule has 0 amide bonds. The van der Waals surface area contributed by atoms with Gasteiger partial charge in [-0.2, -0.15) is 0 Å². The van der Waals surface area contributed by atoms with Gasteiger partial charge in [0.25, 0.3) is 0 Å². The van der Waals surface area contributed by atoms with Crippen LogP contribution in [0.4, 0.5) is 0 Å². The van der Waals surface area contributed by atoms with Gasteiger partial charge in [0, 0.05) is 0 Å². The predicted octanol–water partition coefficient (Wildman–Crippen LogP) is 0.862. The highest BCUT2D eigenvalue weighted by Gasteiger charge is 2.13. The first-order valence-electron chi connectivity index (χ1n) is 3.00. The van der Waals surface area contributed by atoms with Crippen molar-refractivity contribution in [2.24, 2.45) is 4.99 Å². The summed E-state index contributed by atoms with van der Waals surface area (Å²) in [5, 5.41) is 0. The summed E-state index contributed by atoms with van der Waals surface area (Å²) in [6.07, 6.45) is 0.